The van der Waals surface area contributed by atoms with E-state index in [0.29, 0.717) is 11.6 Å². The van der Waals surface area contributed by atoms with Gasteiger partial charge >= 0.3 is 6.09 Å². The lowest BCUT2D eigenvalue weighted by Crippen LogP contribution is -2.49. The van der Waals surface area contributed by atoms with Crippen molar-refractivity contribution in [3.63, 3.8) is 0 Å². The van der Waals surface area contributed by atoms with Crippen molar-refractivity contribution in [2.75, 3.05) is 6.61 Å². The van der Waals surface area contributed by atoms with E-state index in [4.69, 9.17) is 21.1 Å². The monoisotopic (exact) mass is 337 g/mol. The van der Waals surface area contributed by atoms with E-state index in [1.807, 2.05) is 71.0 Å². The van der Waals surface area contributed by atoms with Crippen molar-refractivity contribution >= 4 is 23.8 Å². The number of carbonyl (C=O) groups excluding carboxylic acids is 1. The van der Waals surface area contributed by atoms with E-state index in [9.17, 15) is 4.79 Å². The van der Waals surface area contributed by atoms with Crippen LogP contribution >= 0.6 is 11.6 Å². The van der Waals surface area contributed by atoms with Crippen LogP contribution in [0.2, 0.25) is 5.02 Å². The van der Waals surface area contributed by atoms with Crippen molar-refractivity contribution in [3.8, 4) is 0 Å². The molecule has 0 saturated carbocycles. The van der Waals surface area contributed by atoms with Crippen molar-refractivity contribution < 1.29 is 14.3 Å². The van der Waals surface area contributed by atoms with Crippen LogP contribution in [-0.4, -0.2) is 35.0 Å². The molecule has 2 rings (SSSR count). The minimum atomic E-state index is -0.703. The molecule has 5 heteroatoms. The molecule has 0 spiro atoms. The van der Waals surface area contributed by atoms with E-state index < -0.39 is 11.3 Å². The van der Waals surface area contributed by atoms with Gasteiger partial charge in [-0.25, -0.2) is 4.79 Å². The highest BCUT2D eigenvalue weighted by Crippen LogP contribution is 2.30. The van der Waals surface area contributed by atoms with Gasteiger partial charge in [-0.2, -0.15) is 0 Å². The average Bonchev–Trinajstić information content (AvgIpc) is 2.69. The Morgan fingerprint density at radius 3 is 2.74 bits per heavy atom. The molecule has 0 N–H and O–H groups in total. The van der Waals surface area contributed by atoms with E-state index >= 15 is 0 Å². The van der Waals surface area contributed by atoms with Crippen molar-refractivity contribution in [2.45, 2.75) is 52.0 Å². The average molecular weight is 338 g/mol. The van der Waals surface area contributed by atoms with Gasteiger partial charge in [0, 0.05) is 5.02 Å². The number of benzene rings is 1. The quantitative estimate of drug-likeness (QED) is 0.783. The summed E-state index contributed by atoms with van der Waals surface area (Å²) in [5.74, 6) is 0. The zero-order valence-corrected chi connectivity index (χ0v) is 15.1. The maximum atomic E-state index is 12.5. The van der Waals surface area contributed by atoms with E-state index in [-0.39, 0.29) is 12.1 Å². The maximum Gasteiger partial charge on any atom is 0.413 e. The molecule has 1 aliphatic rings. The predicted octanol–water partition coefficient (Wildman–Crippen LogP) is 4.73. The zero-order chi connectivity index (χ0) is 17.3. The highest BCUT2D eigenvalue weighted by atomic mass is 35.5. The van der Waals surface area contributed by atoms with Crippen LogP contribution < -0.4 is 0 Å². The lowest BCUT2D eigenvalue weighted by molar-refractivity contribution is -0.0610. The molecule has 4 nitrogen and oxygen atoms in total. The van der Waals surface area contributed by atoms with Gasteiger partial charge in [0.1, 0.15) is 11.3 Å². The Bertz CT molecular complexity index is 605. The molecule has 0 aliphatic carbocycles. The normalized spacial score (nSPS) is 21.0. The molecule has 1 aromatic rings. The molecule has 1 aliphatic heterocycles. The van der Waals surface area contributed by atoms with Gasteiger partial charge in [0.05, 0.1) is 12.6 Å². The molecule has 0 unspecified atom stereocenters. The second-order valence-electron chi connectivity index (χ2n) is 7.09. The van der Waals surface area contributed by atoms with Gasteiger partial charge in [-0.1, -0.05) is 35.9 Å². The lowest BCUT2D eigenvalue weighted by Gasteiger charge is -2.34. The van der Waals surface area contributed by atoms with Crippen LogP contribution in [0.3, 0.4) is 0 Å². The predicted molar refractivity (Wildman–Crippen MR) is 92.4 cm³/mol. The van der Waals surface area contributed by atoms with Crippen LogP contribution in [0.1, 0.15) is 40.2 Å². The molecule has 1 amide bonds. The van der Waals surface area contributed by atoms with Crippen molar-refractivity contribution in [1.82, 2.24) is 4.90 Å². The van der Waals surface area contributed by atoms with Crippen LogP contribution in [0.15, 0.2) is 30.3 Å². The van der Waals surface area contributed by atoms with E-state index in [1.165, 1.54) is 0 Å². The molecule has 1 heterocycles. The van der Waals surface area contributed by atoms with E-state index in [2.05, 4.69) is 0 Å². The molecule has 23 heavy (non-hydrogen) atoms. The number of carbonyl (C=O) groups is 1. The topological polar surface area (TPSA) is 38.8 Å². The molecule has 0 radical (unpaired) electrons. The number of amides is 1. The van der Waals surface area contributed by atoms with Gasteiger partial charge < -0.3 is 9.47 Å². The number of halogens is 1. The van der Waals surface area contributed by atoms with Crippen LogP contribution in [0.5, 0.6) is 0 Å². The highest BCUT2D eigenvalue weighted by Gasteiger charge is 2.44. The fourth-order valence-electron chi connectivity index (χ4n) is 2.47. The molecular weight excluding hydrogens is 314 g/mol. The second kappa shape index (κ2) is 6.54. The molecule has 1 atom stereocenters. The van der Waals surface area contributed by atoms with Crippen molar-refractivity contribution in [2.24, 2.45) is 0 Å². The lowest BCUT2D eigenvalue weighted by atomic mass is 10.1. The van der Waals surface area contributed by atoms with E-state index in [0.717, 1.165) is 5.56 Å². The first kappa shape index (κ1) is 17.8. The summed E-state index contributed by atoms with van der Waals surface area (Å²) in [6, 6.07) is 7.37. The molecular formula is C18H24ClNO3. The van der Waals surface area contributed by atoms with Crippen LogP contribution in [-0.2, 0) is 9.47 Å². The van der Waals surface area contributed by atoms with Gasteiger partial charge in [0.15, 0.2) is 0 Å². The Hall–Kier alpha value is -1.52. The third-order valence-electron chi connectivity index (χ3n) is 3.47. The minimum Gasteiger partial charge on any atom is -0.444 e. The second-order valence-corrected chi connectivity index (χ2v) is 7.53. The smallest absolute Gasteiger partial charge is 0.413 e. The van der Waals surface area contributed by atoms with Gasteiger partial charge in [0.25, 0.3) is 0 Å². The summed E-state index contributed by atoms with van der Waals surface area (Å²) in [4.78, 5) is 14.2. The van der Waals surface area contributed by atoms with Gasteiger partial charge in [-0.05, 0) is 52.3 Å². The Morgan fingerprint density at radius 1 is 1.43 bits per heavy atom. The van der Waals surface area contributed by atoms with Crippen molar-refractivity contribution in [3.05, 3.63) is 40.9 Å². The Balaban J connectivity index is 2.18. The summed E-state index contributed by atoms with van der Waals surface area (Å²) >= 11 is 5.99. The van der Waals surface area contributed by atoms with Crippen LogP contribution in [0.25, 0.3) is 6.08 Å². The molecule has 0 bridgehead atoms. The maximum absolute atomic E-state index is 12.5. The molecule has 1 fully saturated rings. The first-order chi connectivity index (χ1) is 10.6. The van der Waals surface area contributed by atoms with Crippen LogP contribution in [0, 0.1) is 0 Å². The number of ether oxygens (including phenoxy) is 2. The molecule has 1 aromatic carbocycles. The summed E-state index contributed by atoms with van der Waals surface area (Å²) in [6.07, 6.45) is 3.52. The summed E-state index contributed by atoms with van der Waals surface area (Å²) in [6.45, 7) is 9.72. The number of hydrogen-bond donors (Lipinski definition) is 0. The first-order valence-electron chi connectivity index (χ1n) is 7.68. The summed E-state index contributed by atoms with van der Waals surface area (Å²) < 4.78 is 11.3. The van der Waals surface area contributed by atoms with Crippen molar-refractivity contribution in [1.29, 1.82) is 0 Å². The summed E-state index contributed by atoms with van der Waals surface area (Å²) in [5, 5.41) is 0.680. The van der Waals surface area contributed by atoms with E-state index in [1.54, 1.807) is 4.90 Å². The highest BCUT2D eigenvalue weighted by molar-refractivity contribution is 6.30. The third kappa shape index (κ3) is 4.72. The fraction of sp³-hybridized carbons (Fsp3) is 0.500. The fourth-order valence-corrected chi connectivity index (χ4v) is 2.67. The van der Waals surface area contributed by atoms with Gasteiger partial charge in [-0.3, -0.25) is 4.90 Å². The largest absolute Gasteiger partial charge is 0.444 e. The summed E-state index contributed by atoms with van der Waals surface area (Å²) in [5.41, 5.74) is -0.269. The SMILES string of the molecule is CC(C)(C)OC(=O)N1[C@@H](/C=C/c2cccc(Cl)c2)COC1(C)C. The van der Waals surface area contributed by atoms with Crippen LogP contribution in [0.4, 0.5) is 4.79 Å². The Kier molecular flexibility index (Phi) is 5.07. The Morgan fingerprint density at radius 2 is 2.13 bits per heavy atom. The number of hydrogen-bond acceptors (Lipinski definition) is 3. The zero-order valence-electron chi connectivity index (χ0n) is 14.3. The summed E-state index contributed by atoms with van der Waals surface area (Å²) in [7, 11) is 0. The first-order valence-corrected chi connectivity index (χ1v) is 8.06. The standard InChI is InChI=1S/C18H24ClNO3/c1-17(2,3)23-16(21)20-15(12-22-18(20,4)5)10-9-13-7-6-8-14(19)11-13/h6-11,15H,12H2,1-5H3/b10-9+/t15-/m0/s1. The van der Waals surface area contributed by atoms with Gasteiger partial charge in [0.2, 0.25) is 0 Å². The van der Waals surface area contributed by atoms with Gasteiger partial charge in [-0.15, -0.1) is 0 Å². The third-order valence-corrected chi connectivity index (χ3v) is 3.70. The number of nitrogens with zero attached hydrogens (tertiary/aromatic N) is 1. The minimum absolute atomic E-state index is 0.182. The molecule has 0 aromatic heterocycles. The molecule has 126 valence electrons. The molecule has 1 saturated heterocycles. The Labute approximate surface area is 143 Å². The number of rotatable bonds is 2.